The van der Waals surface area contributed by atoms with Crippen molar-refractivity contribution >= 4 is 26.7 Å². The van der Waals surface area contributed by atoms with E-state index in [9.17, 15) is 8.42 Å². The largest absolute Gasteiger partial charge is 0.485 e. The molecule has 39 heavy (non-hydrogen) atoms. The van der Waals surface area contributed by atoms with Crippen molar-refractivity contribution in [2.75, 3.05) is 36.9 Å². The number of nitrogens with two attached hydrogens (primary N) is 1. The maximum atomic E-state index is 11.8. The highest BCUT2D eigenvalue weighted by molar-refractivity contribution is 7.91. The first-order valence-corrected chi connectivity index (χ1v) is 15.6. The standard InChI is InChI=1S/C30H33N5O3S/c31-29-28-25(23-7-6-22-8-9-26(38-27(22)16-23)21-4-2-1-3-5-21)18-35(30(28)33-19-32-29)24-14-20(15-24)17-34-10-12-39(36,37)13-11-34/h1-7,16,18-20,24,26H,8-15,17H2,(H2,31,32,33)/t20?,24?,26-/m0/s1. The molecule has 0 radical (unpaired) electrons. The van der Waals surface area contributed by atoms with Crippen LogP contribution in [-0.4, -0.2) is 59.0 Å². The van der Waals surface area contributed by atoms with Crippen LogP contribution in [0.2, 0.25) is 0 Å². The van der Waals surface area contributed by atoms with Gasteiger partial charge in [-0.2, -0.15) is 0 Å². The average molecular weight is 544 g/mol. The van der Waals surface area contributed by atoms with Gasteiger partial charge in [-0.05, 0) is 54.4 Å². The Morgan fingerprint density at radius 1 is 1.03 bits per heavy atom. The summed E-state index contributed by atoms with van der Waals surface area (Å²) in [7, 11) is -2.85. The number of sulfone groups is 1. The molecule has 1 atom stereocenters. The number of fused-ring (bicyclic) bond motifs is 2. The summed E-state index contributed by atoms with van der Waals surface area (Å²) in [5.74, 6) is 2.53. The maximum absolute atomic E-state index is 11.8. The molecule has 9 heteroatoms. The third kappa shape index (κ3) is 4.67. The van der Waals surface area contributed by atoms with E-state index in [0.717, 1.165) is 60.1 Å². The fraction of sp³-hybridized carbons (Fsp3) is 0.400. The Bertz CT molecular complexity index is 1620. The predicted molar refractivity (Wildman–Crippen MR) is 152 cm³/mol. The molecule has 7 rings (SSSR count). The molecule has 1 saturated heterocycles. The molecule has 0 spiro atoms. The first-order valence-electron chi connectivity index (χ1n) is 13.8. The highest BCUT2D eigenvalue weighted by Gasteiger charge is 2.35. The molecular formula is C30H33N5O3S. The van der Waals surface area contributed by atoms with Crippen LogP contribution in [0.5, 0.6) is 5.75 Å². The van der Waals surface area contributed by atoms with Crippen LogP contribution in [0.15, 0.2) is 61.1 Å². The topological polar surface area (TPSA) is 103 Å². The third-order valence-electron chi connectivity index (χ3n) is 8.69. The minimum absolute atomic E-state index is 0.0515. The molecular weight excluding hydrogens is 510 g/mol. The van der Waals surface area contributed by atoms with Crippen molar-refractivity contribution in [1.82, 2.24) is 19.4 Å². The number of aryl methyl sites for hydroxylation is 1. The summed E-state index contributed by atoms with van der Waals surface area (Å²) in [4.78, 5) is 11.3. The van der Waals surface area contributed by atoms with Gasteiger partial charge in [0, 0.05) is 37.4 Å². The molecule has 2 aromatic carbocycles. The van der Waals surface area contributed by atoms with Crippen LogP contribution in [0.3, 0.4) is 0 Å². The van der Waals surface area contributed by atoms with E-state index >= 15 is 0 Å². The number of nitrogens with zero attached hydrogens (tertiary/aromatic N) is 4. The van der Waals surface area contributed by atoms with E-state index in [4.69, 9.17) is 10.5 Å². The molecule has 8 nitrogen and oxygen atoms in total. The van der Waals surface area contributed by atoms with Crippen molar-refractivity contribution in [3.05, 3.63) is 72.2 Å². The van der Waals surface area contributed by atoms with Crippen LogP contribution >= 0.6 is 0 Å². The zero-order valence-corrected chi connectivity index (χ0v) is 22.7. The second-order valence-corrected chi connectivity index (χ2v) is 13.5. The first kappa shape index (κ1) is 24.6. The lowest BCUT2D eigenvalue weighted by molar-refractivity contribution is 0.136. The minimum atomic E-state index is -2.85. The first-order chi connectivity index (χ1) is 18.9. The van der Waals surface area contributed by atoms with Gasteiger partial charge in [-0.15, -0.1) is 0 Å². The van der Waals surface area contributed by atoms with Gasteiger partial charge in [-0.3, -0.25) is 0 Å². The Balaban J connectivity index is 1.14. The van der Waals surface area contributed by atoms with Gasteiger partial charge in [0.05, 0.1) is 16.9 Å². The summed E-state index contributed by atoms with van der Waals surface area (Å²) < 4.78 is 32.3. The van der Waals surface area contributed by atoms with Crippen molar-refractivity contribution in [2.45, 2.75) is 37.8 Å². The molecule has 3 aliphatic rings. The zero-order valence-electron chi connectivity index (χ0n) is 21.9. The molecule has 4 heterocycles. The normalized spacial score (nSPS) is 24.6. The second-order valence-electron chi connectivity index (χ2n) is 11.2. The van der Waals surface area contributed by atoms with Crippen LogP contribution in [0.4, 0.5) is 5.82 Å². The van der Waals surface area contributed by atoms with Crippen molar-refractivity contribution in [3.8, 4) is 16.9 Å². The van der Waals surface area contributed by atoms with E-state index in [1.54, 1.807) is 6.33 Å². The van der Waals surface area contributed by atoms with Gasteiger partial charge in [0.2, 0.25) is 0 Å². The SMILES string of the molecule is Nc1ncnc2c1c(-c1ccc3c(c1)O[C@H](c1ccccc1)CC3)cn2C1CC(CN2CCS(=O)(=O)CC2)C1. The number of hydrogen-bond donors (Lipinski definition) is 1. The summed E-state index contributed by atoms with van der Waals surface area (Å²) in [6.07, 6.45) is 7.81. The molecule has 0 bridgehead atoms. The van der Waals surface area contributed by atoms with Crippen LogP contribution in [0.1, 0.15) is 42.5 Å². The minimum Gasteiger partial charge on any atom is -0.485 e. The monoisotopic (exact) mass is 543 g/mol. The smallest absolute Gasteiger partial charge is 0.152 e. The maximum Gasteiger partial charge on any atom is 0.152 e. The Labute approximate surface area is 228 Å². The van der Waals surface area contributed by atoms with E-state index < -0.39 is 9.84 Å². The zero-order chi connectivity index (χ0) is 26.6. The lowest BCUT2D eigenvalue weighted by Gasteiger charge is -2.40. The Kier molecular flexibility index (Phi) is 6.08. The van der Waals surface area contributed by atoms with Gasteiger partial charge in [0.15, 0.2) is 9.84 Å². The summed E-state index contributed by atoms with van der Waals surface area (Å²) in [5.41, 5.74) is 11.8. The third-order valence-corrected chi connectivity index (χ3v) is 10.3. The molecule has 0 amide bonds. The number of rotatable bonds is 5. The number of aromatic nitrogens is 3. The molecule has 1 saturated carbocycles. The number of anilines is 1. The highest BCUT2D eigenvalue weighted by atomic mass is 32.2. The molecule has 2 aliphatic heterocycles. The van der Waals surface area contributed by atoms with Crippen LogP contribution in [0.25, 0.3) is 22.2 Å². The van der Waals surface area contributed by atoms with E-state index in [2.05, 4.69) is 68.1 Å². The Hall–Kier alpha value is -3.43. The van der Waals surface area contributed by atoms with E-state index in [-0.39, 0.29) is 17.6 Å². The number of benzene rings is 2. The van der Waals surface area contributed by atoms with Crippen molar-refractivity contribution < 1.29 is 13.2 Å². The van der Waals surface area contributed by atoms with Crippen LogP contribution < -0.4 is 10.5 Å². The Morgan fingerprint density at radius 2 is 1.82 bits per heavy atom. The van der Waals surface area contributed by atoms with E-state index in [1.807, 2.05) is 6.07 Å². The van der Waals surface area contributed by atoms with Crippen LogP contribution in [0, 0.1) is 5.92 Å². The van der Waals surface area contributed by atoms with Gasteiger partial charge in [-0.1, -0.05) is 42.5 Å². The lowest BCUT2D eigenvalue weighted by atomic mass is 9.79. The average Bonchev–Trinajstić information content (AvgIpc) is 3.31. The molecule has 1 aliphatic carbocycles. The van der Waals surface area contributed by atoms with E-state index in [1.165, 1.54) is 11.1 Å². The molecule has 0 unspecified atom stereocenters. The summed E-state index contributed by atoms with van der Waals surface area (Å²) in [6, 6.07) is 17.2. The fourth-order valence-electron chi connectivity index (χ4n) is 6.42. The van der Waals surface area contributed by atoms with Crippen molar-refractivity contribution in [1.29, 1.82) is 0 Å². The molecule has 4 aromatic rings. The van der Waals surface area contributed by atoms with Gasteiger partial charge >= 0.3 is 0 Å². The number of ether oxygens (including phenoxy) is 1. The molecule has 2 aromatic heterocycles. The van der Waals surface area contributed by atoms with Crippen LogP contribution in [-0.2, 0) is 16.3 Å². The lowest BCUT2D eigenvalue weighted by Crippen LogP contribution is -2.44. The molecule has 202 valence electrons. The molecule has 2 N–H and O–H groups in total. The summed E-state index contributed by atoms with van der Waals surface area (Å²) in [6.45, 7) is 2.25. The summed E-state index contributed by atoms with van der Waals surface area (Å²) in [5, 5.41) is 0.887. The number of hydrogen-bond acceptors (Lipinski definition) is 7. The van der Waals surface area contributed by atoms with Gasteiger partial charge in [0.1, 0.15) is 29.6 Å². The number of nitrogen functional groups attached to an aromatic ring is 1. The van der Waals surface area contributed by atoms with E-state index in [0.29, 0.717) is 30.9 Å². The fourth-order valence-corrected chi connectivity index (χ4v) is 7.70. The quantitative estimate of drug-likeness (QED) is 0.397. The van der Waals surface area contributed by atoms with Gasteiger partial charge in [-0.25, -0.2) is 18.4 Å². The highest BCUT2D eigenvalue weighted by Crippen LogP contribution is 2.44. The second kappa shape index (κ2) is 9.64. The van der Waals surface area contributed by atoms with Gasteiger partial charge < -0.3 is 19.9 Å². The Morgan fingerprint density at radius 3 is 2.62 bits per heavy atom. The van der Waals surface area contributed by atoms with Crippen molar-refractivity contribution in [3.63, 3.8) is 0 Å². The summed E-state index contributed by atoms with van der Waals surface area (Å²) >= 11 is 0. The van der Waals surface area contributed by atoms with Gasteiger partial charge in [0.25, 0.3) is 0 Å². The predicted octanol–water partition coefficient (Wildman–Crippen LogP) is 4.43. The molecule has 2 fully saturated rings. The van der Waals surface area contributed by atoms with Crippen molar-refractivity contribution in [2.24, 2.45) is 5.92 Å².